The van der Waals surface area contributed by atoms with Gasteiger partial charge in [-0.25, -0.2) is 9.69 Å². The Kier molecular flexibility index (Phi) is 4.52. The molecule has 142 valence electrons. The Bertz CT molecular complexity index is 1030. The first kappa shape index (κ1) is 18.1. The second-order valence-electron chi connectivity index (χ2n) is 5.89. The Morgan fingerprint density at radius 3 is 2.61 bits per heavy atom. The third kappa shape index (κ3) is 3.09. The van der Waals surface area contributed by atoms with Gasteiger partial charge in [0.2, 0.25) is 12.5 Å². The van der Waals surface area contributed by atoms with Gasteiger partial charge >= 0.3 is 6.03 Å². The number of halogens is 1. The highest BCUT2D eigenvalue weighted by molar-refractivity contribution is 9.10. The average Bonchev–Trinajstić information content (AvgIpc) is 3.14. The number of fused-ring (bicyclic) bond motifs is 1. The van der Waals surface area contributed by atoms with Crippen molar-refractivity contribution < 1.29 is 28.6 Å². The van der Waals surface area contributed by atoms with Gasteiger partial charge in [0.05, 0.1) is 12.8 Å². The average molecular weight is 445 g/mol. The molecule has 9 heteroatoms. The maximum atomic E-state index is 12.9. The molecule has 0 atom stereocenters. The number of urea groups is 1. The molecule has 1 N–H and O–H groups in total. The third-order valence-electron chi connectivity index (χ3n) is 4.18. The van der Waals surface area contributed by atoms with Gasteiger partial charge < -0.3 is 14.2 Å². The first-order chi connectivity index (χ1) is 13.5. The molecule has 8 nitrogen and oxygen atoms in total. The lowest BCUT2D eigenvalue weighted by atomic mass is 10.1. The molecular weight excluding hydrogens is 432 g/mol. The normalized spacial score (nSPS) is 17.1. The van der Waals surface area contributed by atoms with Gasteiger partial charge in [0.15, 0.2) is 11.5 Å². The van der Waals surface area contributed by atoms with E-state index in [9.17, 15) is 14.4 Å². The summed E-state index contributed by atoms with van der Waals surface area (Å²) in [7, 11) is 1.47. The van der Waals surface area contributed by atoms with Crippen molar-refractivity contribution in [2.45, 2.75) is 0 Å². The highest BCUT2D eigenvalue weighted by atomic mass is 79.9. The van der Waals surface area contributed by atoms with Gasteiger partial charge in [-0.1, -0.05) is 15.9 Å². The highest BCUT2D eigenvalue weighted by Gasteiger charge is 2.37. The van der Waals surface area contributed by atoms with Crippen LogP contribution in [-0.4, -0.2) is 31.7 Å². The van der Waals surface area contributed by atoms with E-state index in [0.29, 0.717) is 28.5 Å². The van der Waals surface area contributed by atoms with E-state index in [2.05, 4.69) is 21.2 Å². The number of hydrogen-bond donors (Lipinski definition) is 1. The molecular formula is C19H13BrN2O6. The van der Waals surface area contributed by atoms with Crippen LogP contribution in [-0.2, 0) is 9.59 Å². The van der Waals surface area contributed by atoms with E-state index in [-0.39, 0.29) is 12.4 Å². The maximum Gasteiger partial charge on any atom is 0.335 e. The van der Waals surface area contributed by atoms with Crippen LogP contribution >= 0.6 is 15.9 Å². The zero-order valence-corrected chi connectivity index (χ0v) is 16.1. The summed E-state index contributed by atoms with van der Waals surface area (Å²) in [6.07, 6.45) is 1.38. The molecule has 28 heavy (non-hydrogen) atoms. The number of methoxy groups -OCH3 is 1. The zero-order chi connectivity index (χ0) is 19.8. The minimum absolute atomic E-state index is 0.0526. The minimum Gasteiger partial charge on any atom is -0.493 e. The fourth-order valence-electron chi connectivity index (χ4n) is 2.88. The predicted molar refractivity (Wildman–Crippen MR) is 102 cm³/mol. The molecule has 4 rings (SSSR count). The summed E-state index contributed by atoms with van der Waals surface area (Å²) in [6, 6.07) is 9.01. The Morgan fingerprint density at radius 1 is 1.14 bits per heavy atom. The van der Waals surface area contributed by atoms with Gasteiger partial charge in [0.1, 0.15) is 5.57 Å². The van der Waals surface area contributed by atoms with E-state index in [1.165, 1.54) is 13.2 Å². The Hall–Kier alpha value is -3.33. The molecule has 1 fully saturated rings. The van der Waals surface area contributed by atoms with E-state index in [1.807, 2.05) is 0 Å². The van der Waals surface area contributed by atoms with Crippen LogP contribution in [0.25, 0.3) is 6.08 Å². The number of carbonyl (C=O) groups excluding carboxylic acids is 3. The van der Waals surface area contributed by atoms with Gasteiger partial charge in [-0.3, -0.25) is 14.9 Å². The second kappa shape index (κ2) is 7.01. The van der Waals surface area contributed by atoms with Crippen molar-refractivity contribution in [1.29, 1.82) is 0 Å². The molecule has 2 aliphatic heterocycles. The van der Waals surface area contributed by atoms with Crippen LogP contribution in [0.15, 0.2) is 46.4 Å². The molecule has 0 unspecified atom stereocenters. The molecule has 2 aromatic carbocycles. The van der Waals surface area contributed by atoms with Crippen molar-refractivity contribution in [3.05, 3.63) is 52.0 Å². The van der Waals surface area contributed by atoms with Crippen molar-refractivity contribution in [2.75, 3.05) is 18.8 Å². The molecule has 2 aliphatic rings. The number of benzene rings is 2. The summed E-state index contributed by atoms with van der Waals surface area (Å²) in [4.78, 5) is 38.3. The predicted octanol–water partition coefficient (Wildman–Crippen LogP) is 2.85. The molecule has 4 amide bonds. The van der Waals surface area contributed by atoms with E-state index >= 15 is 0 Å². The number of nitrogens with one attached hydrogen (secondary N) is 1. The van der Waals surface area contributed by atoms with Gasteiger partial charge in [-0.05, 0) is 48.0 Å². The van der Waals surface area contributed by atoms with Gasteiger partial charge in [0.25, 0.3) is 11.8 Å². The van der Waals surface area contributed by atoms with E-state index in [4.69, 9.17) is 14.2 Å². The van der Waals surface area contributed by atoms with Crippen molar-refractivity contribution in [3.63, 3.8) is 0 Å². The van der Waals surface area contributed by atoms with Crippen molar-refractivity contribution in [3.8, 4) is 17.2 Å². The topological polar surface area (TPSA) is 94.2 Å². The minimum atomic E-state index is -0.808. The number of nitrogens with zero attached hydrogens (tertiary/aromatic N) is 1. The lowest BCUT2D eigenvalue weighted by Crippen LogP contribution is -2.54. The Labute approximate surface area is 167 Å². The summed E-state index contributed by atoms with van der Waals surface area (Å²) in [6.45, 7) is 0.0526. The quantitative estimate of drug-likeness (QED) is 0.577. The van der Waals surface area contributed by atoms with E-state index < -0.39 is 17.8 Å². The zero-order valence-electron chi connectivity index (χ0n) is 14.5. The summed E-state index contributed by atoms with van der Waals surface area (Å²) in [5, 5.41) is 2.18. The van der Waals surface area contributed by atoms with E-state index in [0.717, 1.165) is 9.37 Å². The van der Waals surface area contributed by atoms with Gasteiger partial charge in [-0.2, -0.15) is 0 Å². The lowest BCUT2D eigenvalue weighted by molar-refractivity contribution is -0.122. The van der Waals surface area contributed by atoms with Crippen LogP contribution < -0.4 is 24.4 Å². The standard InChI is InChI=1S/C19H13BrN2O6/c1-26-14-7-10(8-15-16(14)28-9-27-15)6-13-17(23)21-19(25)22(18(13)24)12-4-2-11(20)3-5-12/h2-8H,9H2,1H3,(H,21,23,25)/b13-6+. The molecule has 0 radical (unpaired) electrons. The smallest absolute Gasteiger partial charge is 0.335 e. The van der Waals surface area contributed by atoms with Crippen LogP contribution in [0.3, 0.4) is 0 Å². The number of barbiturate groups is 1. The van der Waals surface area contributed by atoms with Crippen LogP contribution in [0.1, 0.15) is 5.56 Å². The third-order valence-corrected chi connectivity index (χ3v) is 4.71. The van der Waals surface area contributed by atoms with Gasteiger partial charge in [0, 0.05) is 4.47 Å². The number of ether oxygens (including phenoxy) is 3. The number of hydrogen-bond acceptors (Lipinski definition) is 6. The lowest BCUT2D eigenvalue weighted by Gasteiger charge is -2.26. The molecule has 2 heterocycles. The Balaban J connectivity index is 1.74. The van der Waals surface area contributed by atoms with E-state index in [1.54, 1.807) is 36.4 Å². The largest absolute Gasteiger partial charge is 0.493 e. The molecule has 0 aromatic heterocycles. The fraction of sp³-hybridized carbons (Fsp3) is 0.105. The fourth-order valence-corrected chi connectivity index (χ4v) is 3.15. The molecule has 0 saturated carbocycles. The SMILES string of the molecule is COc1cc(/C=C2\C(=O)NC(=O)N(c3ccc(Br)cc3)C2=O)cc2c1OCO2. The van der Waals surface area contributed by atoms with Crippen LogP contribution in [0, 0.1) is 0 Å². The maximum absolute atomic E-state index is 12.9. The van der Waals surface area contributed by atoms with Crippen molar-refractivity contribution in [1.82, 2.24) is 5.32 Å². The number of anilines is 1. The molecule has 0 bridgehead atoms. The van der Waals surface area contributed by atoms with Crippen LogP contribution in [0.4, 0.5) is 10.5 Å². The Morgan fingerprint density at radius 2 is 1.89 bits per heavy atom. The molecule has 1 saturated heterocycles. The number of imide groups is 2. The number of amides is 4. The number of rotatable bonds is 3. The second-order valence-corrected chi connectivity index (χ2v) is 6.81. The van der Waals surface area contributed by atoms with Gasteiger partial charge in [-0.15, -0.1) is 0 Å². The first-order valence-corrected chi connectivity index (χ1v) is 8.92. The molecule has 2 aromatic rings. The van der Waals surface area contributed by atoms with Crippen LogP contribution in [0.2, 0.25) is 0 Å². The summed E-state index contributed by atoms with van der Waals surface area (Å²) < 4.78 is 16.8. The van der Waals surface area contributed by atoms with Crippen LogP contribution in [0.5, 0.6) is 17.2 Å². The monoisotopic (exact) mass is 444 g/mol. The van der Waals surface area contributed by atoms with Crippen molar-refractivity contribution >= 4 is 45.5 Å². The van der Waals surface area contributed by atoms with Crippen molar-refractivity contribution in [2.24, 2.45) is 0 Å². The highest BCUT2D eigenvalue weighted by Crippen LogP contribution is 2.42. The summed E-state index contributed by atoms with van der Waals surface area (Å²) >= 11 is 3.30. The summed E-state index contributed by atoms with van der Waals surface area (Å²) in [5.41, 5.74) is 0.639. The molecule has 0 aliphatic carbocycles. The number of carbonyl (C=O) groups is 3. The first-order valence-electron chi connectivity index (χ1n) is 8.12. The summed E-state index contributed by atoms with van der Waals surface area (Å²) in [5.74, 6) is -0.203. The molecule has 0 spiro atoms.